The average Bonchev–Trinajstić information content (AvgIpc) is 2.73. The minimum atomic E-state index is 0.219. The lowest BCUT2D eigenvalue weighted by Crippen LogP contribution is -2.42. The Hall–Kier alpha value is -1.10. The molecule has 16 heavy (non-hydrogen) atoms. The molecule has 2 heterocycles. The molecule has 1 saturated heterocycles. The highest BCUT2D eigenvalue weighted by Crippen LogP contribution is 2.26. The Kier molecular flexibility index (Phi) is 2.55. The molecule has 0 saturated carbocycles. The largest absolute Gasteiger partial charge is 0.356 e. The molecule has 1 unspecified atom stereocenters. The van der Waals surface area contributed by atoms with Crippen molar-refractivity contribution in [3.8, 4) is 0 Å². The van der Waals surface area contributed by atoms with E-state index >= 15 is 0 Å². The maximum absolute atomic E-state index is 5.90. The maximum Gasteiger partial charge on any atom is 0.168 e. The van der Waals surface area contributed by atoms with Gasteiger partial charge in [0.25, 0.3) is 0 Å². The molecule has 5 heteroatoms. The zero-order valence-corrected chi connectivity index (χ0v) is 9.42. The molecule has 1 fully saturated rings. The summed E-state index contributed by atoms with van der Waals surface area (Å²) in [6.07, 6.45) is 0. The molecular weight excluding hydrogens is 226 g/mol. The van der Waals surface area contributed by atoms with E-state index in [-0.39, 0.29) is 6.04 Å². The molecule has 0 radical (unpaired) electrons. The normalized spacial score (nSPS) is 21.4. The molecule has 2 N–H and O–H groups in total. The van der Waals surface area contributed by atoms with Crippen LogP contribution in [-0.4, -0.2) is 24.8 Å². The van der Waals surface area contributed by atoms with E-state index in [1.54, 1.807) is 6.07 Å². The van der Waals surface area contributed by atoms with Crippen LogP contribution >= 0.6 is 11.6 Å². The van der Waals surface area contributed by atoms with Crippen molar-refractivity contribution in [2.75, 3.05) is 19.6 Å². The van der Waals surface area contributed by atoms with Gasteiger partial charge in [-0.1, -0.05) is 16.8 Å². The van der Waals surface area contributed by atoms with Crippen LogP contribution in [0.3, 0.4) is 0 Å². The van der Waals surface area contributed by atoms with Crippen molar-refractivity contribution < 1.29 is 4.52 Å². The number of hydrogen-bond donors (Lipinski definition) is 2. The zero-order valence-electron chi connectivity index (χ0n) is 8.66. The Balaban J connectivity index is 2.03. The molecule has 0 spiro atoms. The van der Waals surface area contributed by atoms with Crippen LogP contribution < -0.4 is 10.6 Å². The van der Waals surface area contributed by atoms with Crippen LogP contribution in [0.1, 0.15) is 11.7 Å². The number of hydrogen-bond acceptors (Lipinski definition) is 4. The standard InChI is InChI=1S/C11H12ClN3O/c12-7-1-2-8-10(5-7)16-15-11(8)9-6-13-3-4-14-9/h1-2,5,9,13-14H,3-4,6H2. The summed E-state index contributed by atoms with van der Waals surface area (Å²) < 4.78 is 5.28. The van der Waals surface area contributed by atoms with Crippen LogP contribution in [0.25, 0.3) is 11.0 Å². The first-order chi connectivity index (χ1) is 7.84. The number of halogens is 1. The summed E-state index contributed by atoms with van der Waals surface area (Å²) in [7, 11) is 0. The first-order valence-corrected chi connectivity index (χ1v) is 5.71. The molecule has 84 valence electrons. The quantitative estimate of drug-likeness (QED) is 0.793. The van der Waals surface area contributed by atoms with E-state index in [0.717, 1.165) is 36.3 Å². The highest BCUT2D eigenvalue weighted by Gasteiger charge is 2.20. The van der Waals surface area contributed by atoms with Crippen molar-refractivity contribution >= 4 is 22.6 Å². The molecule has 3 rings (SSSR count). The van der Waals surface area contributed by atoms with Crippen LogP contribution in [0.4, 0.5) is 0 Å². The Labute approximate surface area is 97.9 Å². The van der Waals surface area contributed by atoms with Gasteiger partial charge in [-0.3, -0.25) is 0 Å². The summed E-state index contributed by atoms with van der Waals surface area (Å²) >= 11 is 5.90. The Morgan fingerprint density at radius 3 is 3.12 bits per heavy atom. The van der Waals surface area contributed by atoms with Gasteiger partial charge in [-0.15, -0.1) is 0 Å². The van der Waals surface area contributed by atoms with E-state index in [9.17, 15) is 0 Å². The van der Waals surface area contributed by atoms with Crippen LogP contribution in [0.5, 0.6) is 0 Å². The van der Waals surface area contributed by atoms with Gasteiger partial charge in [-0.2, -0.15) is 0 Å². The summed E-state index contributed by atoms with van der Waals surface area (Å²) in [4.78, 5) is 0. The third-order valence-electron chi connectivity index (χ3n) is 2.83. The van der Waals surface area contributed by atoms with Crippen molar-refractivity contribution in [1.82, 2.24) is 15.8 Å². The topological polar surface area (TPSA) is 50.1 Å². The zero-order chi connectivity index (χ0) is 11.0. The van der Waals surface area contributed by atoms with Gasteiger partial charge in [0.2, 0.25) is 0 Å². The lowest BCUT2D eigenvalue weighted by molar-refractivity contribution is 0.387. The molecule has 1 aliphatic rings. The highest BCUT2D eigenvalue weighted by atomic mass is 35.5. The van der Waals surface area contributed by atoms with E-state index in [4.69, 9.17) is 16.1 Å². The van der Waals surface area contributed by atoms with Crippen LogP contribution in [0, 0.1) is 0 Å². The third kappa shape index (κ3) is 1.69. The molecule has 1 aromatic heterocycles. The van der Waals surface area contributed by atoms with Gasteiger partial charge in [-0.25, -0.2) is 0 Å². The van der Waals surface area contributed by atoms with Crippen molar-refractivity contribution in [2.45, 2.75) is 6.04 Å². The lowest BCUT2D eigenvalue weighted by Gasteiger charge is -2.22. The second-order valence-corrected chi connectivity index (χ2v) is 4.36. The number of fused-ring (bicyclic) bond motifs is 1. The first-order valence-electron chi connectivity index (χ1n) is 5.33. The number of nitrogens with one attached hydrogen (secondary N) is 2. The monoisotopic (exact) mass is 237 g/mol. The molecule has 2 aromatic rings. The molecule has 1 aliphatic heterocycles. The van der Waals surface area contributed by atoms with Gasteiger partial charge in [0.05, 0.1) is 6.04 Å². The molecule has 4 nitrogen and oxygen atoms in total. The molecular formula is C11H12ClN3O. The smallest absolute Gasteiger partial charge is 0.168 e. The summed E-state index contributed by atoms with van der Waals surface area (Å²) in [5, 5.41) is 12.6. The summed E-state index contributed by atoms with van der Waals surface area (Å²) in [6, 6.07) is 5.83. The predicted octanol–water partition coefficient (Wildman–Crippen LogP) is 1.72. The molecule has 0 amide bonds. The lowest BCUT2D eigenvalue weighted by atomic mass is 10.1. The maximum atomic E-state index is 5.90. The fraction of sp³-hybridized carbons (Fsp3) is 0.364. The number of aromatic nitrogens is 1. The Bertz CT molecular complexity index is 505. The number of benzene rings is 1. The summed E-state index contributed by atoms with van der Waals surface area (Å²) in [5.41, 5.74) is 1.70. The van der Waals surface area contributed by atoms with Gasteiger partial charge in [-0.05, 0) is 12.1 Å². The van der Waals surface area contributed by atoms with Gasteiger partial charge in [0, 0.05) is 36.1 Å². The van der Waals surface area contributed by atoms with Gasteiger partial charge in [0.15, 0.2) is 5.58 Å². The van der Waals surface area contributed by atoms with E-state index in [1.807, 2.05) is 12.1 Å². The second kappa shape index (κ2) is 4.05. The van der Waals surface area contributed by atoms with Crippen LogP contribution in [-0.2, 0) is 0 Å². The van der Waals surface area contributed by atoms with E-state index in [1.165, 1.54) is 0 Å². The molecule has 1 aromatic carbocycles. The number of nitrogens with zero attached hydrogens (tertiary/aromatic N) is 1. The van der Waals surface area contributed by atoms with E-state index in [2.05, 4.69) is 15.8 Å². The summed E-state index contributed by atoms with van der Waals surface area (Å²) in [6.45, 7) is 2.83. The Morgan fingerprint density at radius 2 is 2.31 bits per heavy atom. The summed E-state index contributed by atoms with van der Waals surface area (Å²) in [5.74, 6) is 0. The van der Waals surface area contributed by atoms with Crippen molar-refractivity contribution in [3.63, 3.8) is 0 Å². The highest BCUT2D eigenvalue weighted by molar-refractivity contribution is 6.31. The first kappa shape index (κ1) is 10.1. The molecule has 0 aliphatic carbocycles. The van der Waals surface area contributed by atoms with Crippen molar-refractivity contribution in [3.05, 3.63) is 28.9 Å². The average molecular weight is 238 g/mol. The molecule has 1 atom stereocenters. The fourth-order valence-corrected chi connectivity index (χ4v) is 2.19. The van der Waals surface area contributed by atoms with E-state index < -0.39 is 0 Å². The molecule has 0 bridgehead atoms. The van der Waals surface area contributed by atoms with Crippen molar-refractivity contribution in [1.29, 1.82) is 0 Å². The fourth-order valence-electron chi connectivity index (χ4n) is 2.03. The predicted molar refractivity (Wildman–Crippen MR) is 62.6 cm³/mol. The van der Waals surface area contributed by atoms with Gasteiger partial charge in [0.1, 0.15) is 5.69 Å². The van der Waals surface area contributed by atoms with Gasteiger partial charge >= 0.3 is 0 Å². The second-order valence-electron chi connectivity index (χ2n) is 3.92. The van der Waals surface area contributed by atoms with Crippen molar-refractivity contribution in [2.24, 2.45) is 0 Å². The van der Waals surface area contributed by atoms with Crippen LogP contribution in [0.15, 0.2) is 22.7 Å². The van der Waals surface area contributed by atoms with Gasteiger partial charge < -0.3 is 15.2 Å². The minimum Gasteiger partial charge on any atom is -0.356 e. The third-order valence-corrected chi connectivity index (χ3v) is 3.07. The van der Waals surface area contributed by atoms with Crippen LogP contribution in [0.2, 0.25) is 5.02 Å². The number of piperazine rings is 1. The number of rotatable bonds is 1. The van der Waals surface area contributed by atoms with E-state index in [0.29, 0.717) is 5.02 Å². The Morgan fingerprint density at radius 1 is 1.38 bits per heavy atom. The minimum absolute atomic E-state index is 0.219. The SMILES string of the molecule is Clc1ccc2c(C3CNCCN3)noc2c1.